The molecule has 2 nitrogen and oxygen atoms in total. The van der Waals surface area contributed by atoms with Gasteiger partial charge in [-0.3, -0.25) is 0 Å². The van der Waals surface area contributed by atoms with Gasteiger partial charge in [0.25, 0.3) is 5.92 Å². The topological polar surface area (TPSA) is 29.3 Å². The SMILES string of the molecule is CC(N)C(F)(F)C1CCN(C)CC1. The van der Waals surface area contributed by atoms with Gasteiger partial charge in [-0.25, -0.2) is 8.78 Å². The minimum absolute atomic E-state index is 0.524. The summed E-state index contributed by atoms with van der Waals surface area (Å²) in [5.74, 6) is -3.22. The van der Waals surface area contributed by atoms with E-state index in [4.69, 9.17) is 5.73 Å². The second kappa shape index (κ2) is 3.88. The van der Waals surface area contributed by atoms with E-state index in [1.165, 1.54) is 6.92 Å². The van der Waals surface area contributed by atoms with Crippen LogP contribution in [0.1, 0.15) is 19.8 Å². The van der Waals surface area contributed by atoms with Gasteiger partial charge in [0.15, 0.2) is 0 Å². The number of nitrogens with zero attached hydrogens (tertiary/aromatic N) is 1. The summed E-state index contributed by atoms with van der Waals surface area (Å²) in [6.45, 7) is 2.90. The summed E-state index contributed by atoms with van der Waals surface area (Å²) < 4.78 is 26.8. The van der Waals surface area contributed by atoms with E-state index in [1.54, 1.807) is 0 Å². The molecule has 0 spiro atoms. The van der Waals surface area contributed by atoms with E-state index in [9.17, 15) is 8.78 Å². The molecule has 0 radical (unpaired) electrons. The summed E-state index contributed by atoms with van der Waals surface area (Å²) >= 11 is 0. The molecule has 1 rings (SSSR count). The molecule has 0 aromatic heterocycles. The Hall–Kier alpha value is -0.220. The van der Waals surface area contributed by atoms with E-state index >= 15 is 0 Å². The molecule has 13 heavy (non-hydrogen) atoms. The fraction of sp³-hybridized carbons (Fsp3) is 1.00. The van der Waals surface area contributed by atoms with Gasteiger partial charge in [-0.1, -0.05) is 0 Å². The third-order valence-electron chi connectivity index (χ3n) is 2.87. The monoisotopic (exact) mass is 192 g/mol. The molecule has 1 atom stereocenters. The van der Waals surface area contributed by atoms with Crippen molar-refractivity contribution < 1.29 is 8.78 Å². The third-order valence-corrected chi connectivity index (χ3v) is 2.87. The molecule has 1 heterocycles. The Morgan fingerprint density at radius 2 is 1.85 bits per heavy atom. The zero-order valence-corrected chi connectivity index (χ0v) is 8.26. The van der Waals surface area contributed by atoms with Crippen LogP contribution in [-0.2, 0) is 0 Å². The van der Waals surface area contributed by atoms with Crippen molar-refractivity contribution in [3.63, 3.8) is 0 Å². The van der Waals surface area contributed by atoms with Crippen LogP contribution in [0.4, 0.5) is 8.78 Å². The summed E-state index contributed by atoms with van der Waals surface area (Å²) in [7, 11) is 1.96. The zero-order chi connectivity index (χ0) is 10.1. The highest BCUT2D eigenvalue weighted by Crippen LogP contribution is 2.34. The largest absolute Gasteiger partial charge is 0.323 e. The molecule has 1 aliphatic rings. The van der Waals surface area contributed by atoms with Crippen molar-refractivity contribution in [3.8, 4) is 0 Å². The van der Waals surface area contributed by atoms with Crippen molar-refractivity contribution in [1.29, 1.82) is 0 Å². The molecular weight excluding hydrogens is 174 g/mol. The van der Waals surface area contributed by atoms with Crippen LogP contribution in [0.3, 0.4) is 0 Å². The van der Waals surface area contributed by atoms with Crippen molar-refractivity contribution in [3.05, 3.63) is 0 Å². The van der Waals surface area contributed by atoms with Crippen LogP contribution >= 0.6 is 0 Å². The molecule has 0 bridgehead atoms. The molecule has 2 N–H and O–H groups in total. The normalized spacial score (nSPS) is 24.7. The fourth-order valence-corrected chi connectivity index (χ4v) is 1.77. The first-order chi connectivity index (χ1) is 5.94. The summed E-state index contributed by atoms with van der Waals surface area (Å²) in [6.07, 6.45) is 1.12. The molecule has 1 aliphatic heterocycles. The minimum Gasteiger partial charge on any atom is -0.323 e. The predicted octanol–water partition coefficient (Wildman–Crippen LogP) is 1.31. The molecule has 0 aromatic rings. The Morgan fingerprint density at radius 3 is 2.23 bits per heavy atom. The first-order valence-corrected chi connectivity index (χ1v) is 4.76. The van der Waals surface area contributed by atoms with Gasteiger partial charge in [0.05, 0.1) is 6.04 Å². The fourth-order valence-electron chi connectivity index (χ4n) is 1.77. The number of piperidine rings is 1. The Morgan fingerprint density at radius 1 is 1.38 bits per heavy atom. The molecular formula is C9H18F2N2. The highest BCUT2D eigenvalue weighted by atomic mass is 19.3. The van der Waals surface area contributed by atoms with Crippen LogP contribution in [0, 0.1) is 5.92 Å². The Bertz CT molecular complexity index is 163. The summed E-state index contributed by atoms with van der Waals surface area (Å²) in [4.78, 5) is 2.08. The van der Waals surface area contributed by atoms with Gasteiger partial charge in [-0.2, -0.15) is 0 Å². The van der Waals surface area contributed by atoms with Gasteiger partial charge in [-0.15, -0.1) is 0 Å². The summed E-state index contributed by atoms with van der Waals surface area (Å²) in [6, 6.07) is -1.03. The third kappa shape index (κ3) is 2.38. The summed E-state index contributed by atoms with van der Waals surface area (Å²) in [5.41, 5.74) is 5.27. The first kappa shape index (κ1) is 10.9. The second-order valence-corrected chi connectivity index (χ2v) is 4.04. The van der Waals surface area contributed by atoms with Gasteiger partial charge in [0.2, 0.25) is 0 Å². The number of alkyl halides is 2. The lowest BCUT2D eigenvalue weighted by Gasteiger charge is -2.35. The van der Waals surface area contributed by atoms with E-state index in [2.05, 4.69) is 4.90 Å². The van der Waals surface area contributed by atoms with E-state index < -0.39 is 17.9 Å². The van der Waals surface area contributed by atoms with Crippen LogP contribution < -0.4 is 5.73 Å². The quantitative estimate of drug-likeness (QED) is 0.714. The van der Waals surface area contributed by atoms with Crippen molar-refractivity contribution in [1.82, 2.24) is 4.90 Å². The minimum atomic E-state index is -2.69. The summed E-state index contributed by atoms with van der Waals surface area (Å²) in [5, 5.41) is 0. The maximum absolute atomic E-state index is 13.4. The molecule has 4 heteroatoms. The van der Waals surface area contributed by atoms with Crippen molar-refractivity contribution in [2.45, 2.75) is 31.7 Å². The highest BCUT2D eigenvalue weighted by molar-refractivity contribution is 4.87. The van der Waals surface area contributed by atoms with Crippen molar-refractivity contribution in [2.75, 3.05) is 20.1 Å². The Labute approximate surface area is 78.1 Å². The maximum Gasteiger partial charge on any atom is 0.265 e. The average molecular weight is 192 g/mol. The van der Waals surface area contributed by atoms with Crippen LogP contribution in [-0.4, -0.2) is 37.0 Å². The highest BCUT2D eigenvalue weighted by Gasteiger charge is 2.43. The maximum atomic E-state index is 13.4. The number of likely N-dealkylation sites (tertiary alicyclic amines) is 1. The molecule has 1 unspecified atom stereocenters. The van der Waals surface area contributed by atoms with Crippen LogP contribution in [0.25, 0.3) is 0 Å². The van der Waals surface area contributed by atoms with Crippen LogP contribution in [0.5, 0.6) is 0 Å². The number of hydrogen-bond acceptors (Lipinski definition) is 2. The smallest absolute Gasteiger partial charge is 0.265 e. The van der Waals surface area contributed by atoms with Gasteiger partial charge < -0.3 is 10.6 Å². The molecule has 1 fully saturated rings. The molecule has 0 aliphatic carbocycles. The van der Waals surface area contributed by atoms with Crippen molar-refractivity contribution in [2.24, 2.45) is 11.7 Å². The standard InChI is InChI=1S/C9H18F2N2/c1-7(12)9(10,11)8-3-5-13(2)6-4-8/h7-8H,3-6,12H2,1-2H3. The molecule has 0 saturated carbocycles. The van der Waals surface area contributed by atoms with E-state index in [-0.39, 0.29) is 0 Å². The number of nitrogens with two attached hydrogens (primary N) is 1. The van der Waals surface area contributed by atoms with Gasteiger partial charge in [-0.05, 0) is 39.9 Å². The molecule has 1 saturated heterocycles. The number of hydrogen-bond donors (Lipinski definition) is 1. The van der Waals surface area contributed by atoms with E-state index in [0.29, 0.717) is 12.8 Å². The number of halogens is 2. The van der Waals surface area contributed by atoms with Gasteiger partial charge in [0.1, 0.15) is 0 Å². The molecule has 0 aromatic carbocycles. The predicted molar refractivity (Wildman–Crippen MR) is 48.8 cm³/mol. The van der Waals surface area contributed by atoms with Crippen molar-refractivity contribution >= 4 is 0 Å². The van der Waals surface area contributed by atoms with Crippen LogP contribution in [0.15, 0.2) is 0 Å². The lowest BCUT2D eigenvalue weighted by atomic mass is 9.87. The Kier molecular flexibility index (Phi) is 3.24. The lowest BCUT2D eigenvalue weighted by Crippen LogP contribution is -2.48. The van der Waals surface area contributed by atoms with Crippen LogP contribution in [0.2, 0.25) is 0 Å². The average Bonchev–Trinajstić information content (AvgIpc) is 2.04. The molecule has 78 valence electrons. The second-order valence-electron chi connectivity index (χ2n) is 4.04. The Balaban J connectivity index is 2.52. The van der Waals surface area contributed by atoms with E-state index in [0.717, 1.165) is 13.1 Å². The van der Waals surface area contributed by atoms with Gasteiger partial charge in [0, 0.05) is 5.92 Å². The number of rotatable bonds is 2. The zero-order valence-electron chi connectivity index (χ0n) is 8.26. The van der Waals surface area contributed by atoms with E-state index in [1.807, 2.05) is 7.05 Å². The molecule has 0 amide bonds. The van der Waals surface area contributed by atoms with Gasteiger partial charge >= 0.3 is 0 Å². The first-order valence-electron chi connectivity index (χ1n) is 4.76. The lowest BCUT2D eigenvalue weighted by molar-refractivity contribution is -0.0919.